The SMILES string of the molecule is Cc1ncc2c(c1-c1noc(-c3ccoc3)n1)CCN(C(=O)[C@H]1CCCO1)C2. The van der Waals surface area contributed by atoms with Gasteiger partial charge in [-0.15, -0.1) is 0 Å². The number of fused-ring (bicyclic) bond motifs is 1. The monoisotopic (exact) mass is 380 g/mol. The Hall–Kier alpha value is -3.00. The van der Waals surface area contributed by atoms with Crippen LogP contribution in [0.5, 0.6) is 0 Å². The number of aryl methyl sites for hydroxylation is 1. The lowest BCUT2D eigenvalue weighted by Gasteiger charge is -2.31. The minimum Gasteiger partial charge on any atom is -0.472 e. The number of ether oxygens (including phenoxy) is 1. The highest BCUT2D eigenvalue weighted by Crippen LogP contribution is 2.32. The maximum Gasteiger partial charge on any atom is 0.261 e. The summed E-state index contributed by atoms with van der Waals surface area (Å²) < 4.78 is 16.1. The third-order valence-corrected chi connectivity index (χ3v) is 5.39. The average molecular weight is 380 g/mol. The van der Waals surface area contributed by atoms with Crippen molar-refractivity contribution in [1.82, 2.24) is 20.0 Å². The molecule has 1 saturated heterocycles. The van der Waals surface area contributed by atoms with E-state index in [0.717, 1.165) is 47.2 Å². The Labute approximate surface area is 161 Å². The number of carbonyl (C=O) groups is 1. The van der Waals surface area contributed by atoms with Gasteiger partial charge in [-0.1, -0.05) is 5.16 Å². The van der Waals surface area contributed by atoms with Gasteiger partial charge in [-0.2, -0.15) is 4.98 Å². The van der Waals surface area contributed by atoms with E-state index in [4.69, 9.17) is 13.7 Å². The minimum atomic E-state index is -0.297. The van der Waals surface area contributed by atoms with Gasteiger partial charge in [0.05, 0.1) is 11.8 Å². The van der Waals surface area contributed by atoms with Crippen molar-refractivity contribution in [3.05, 3.63) is 41.6 Å². The zero-order valence-electron chi connectivity index (χ0n) is 15.6. The van der Waals surface area contributed by atoms with Gasteiger partial charge >= 0.3 is 0 Å². The summed E-state index contributed by atoms with van der Waals surface area (Å²) in [7, 11) is 0. The molecule has 0 aromatic carbocycles. The molecule has 28 heavy (non-hydrogen) atoms. The Balaban J connectivity index is 1.45. The summed E-state index contributed by atoms with van der Waals surface area (Å²) in [6.45, 7) is 3.78. The van der Waals surface area contributed by atoms with E-state index in [2.05, 4.69) is 15.1 Å². The van der Waals surface area contributed by atoms with Gasteiger partial charge in [-0.05, 0) is 43.4 Å². The first-order valence-electron chi connectivity index (χ1n) is 9.45. The van der Waals surface area contributed by atoms with Crippen molar-refractivity contribution in [2.45, 2.75) is 38.8 Å². The van der Waals surface area contributed by atoms with Crippen LogP contribution in [0.1, 0.15) is 29.7 Å². The molecule has 1 atom stereocenters. The number of furan rings is 1. The molecule has 5 rings (SSSR count). The maximum absolute atomic E-state index is 12.7. The summed E-state index contributed by atoms with van der Waals surface area (Å²) >= 11 is 0. The van der Waals surface area contributed by atoms with E-state index in [-0.39, 0.29) is 12.0 Å². The molecule has 3 aromatic rings. The Kier molecular flexibility index (Phi) is 4.20. The van der Waals surface area contributed by atoms with E-state index >= 15 is 0 Å². The molecule has 1 amide bonds. The molecule has 0 aliphatic carbocycles. The standard InChI is InChI=1S/C20H20N4O4/c1-12-17(18-22-19(28-23-18)13-5-8-26-11-13)15-4-6-24(10-14(15)9-21-12)20(25)16-3-2-7-27-16/h5,8-9,11,16H,2-4,6-7,10H2,1H3/t16-/m1/s1. The lowest BCUT2D eigenvalue weighted by Crippen LogP contribution is -2.42. The minimum absolute atomic E-state index is 0.0760. The molecular formula is C20H20N4O4. The van der Waals surface area contributed by atoms with Crippen molar-refractivity contribution >= 4 is 5.91 Å². The summed E-state index contributed by atoms with van der Waals surface area (Å²) in [6, 6.07) is 1.78. The first-order valence-corrected chi connectivity index (χ1v) is 9.45. The largest absolute Gasteiger partial charge is 0.472 e. The molecule has 8 nitrogen and oxygen atoms in total. The Morgan fingerprint density at radius 1 is 1.36 bits per heavy atom. The molecule has 2 aliphatic rings. The molecule has 2 aliphatic heterocycles. The van der Waals surface area contributed by atoms with Crippen LogP contribution < -0.4 is 0 Å². The van der Waals surface area contributed by atoms with E-state index in [1.165, 1.54) is 0 Å². The van der Waals surface area contributed by atoms with Gasteiger partial charge in [0.2, 0.25) is 5.82 Å². The number of pyridine rings is 1. The summed E-state index contributed by atoms with van der Waals surface area (Å²) in [5.74, 6) is 0.996. The number of rotatable bonds is 3. The predicted octanol–water partition coefficient (Wildman–Crippen LogP) is 2.76. The first-order chi connectivity index (χ1) is 13.7. The van der Waals surface area contributed by atoms with Crippen LogP contribution in [0.25, 0.3) is 22.8 Å². The van der Waals surface area contributed by atoms with Crippen molar-refractivity contribution in [2.24, 2.45) is 0 Å². The van der Waals surface area contributed by atoms with Gasteiger partial charge in [0.15, 0.2) is 0 Å². The van der Waals surface area contributed by atoms with Crippen molar-refractivity contribution in [3.63, 3.8) is 0 Å². The number of amides is 1. The summed E-state index contributed by atoms with van der Waals surface area (Å²) in [5.41, 5.74) is 4.62. The van der Waals surface area contributed by atoms with E-state index in [9.17, 15) is 4.79 Å². The quantitative estimate of drug-likeness (QED) is 0.689. The van der Waals surface area contributed by atoms with Crippen LogP contribution in [0.4, 0.5) is 0 Å². The zero-order chi connectivity index (χ0) is 19.1. The predicted molar refractivity (Wildman–Crippen MR) is 98.1 cm³/mol. The van der Waals surface area contributed by atoms with Crippen LogP contribution >= 0.6 is 0 Å². The van der Waals surface area contributed by atoms with Crippen LogP contribution in [0, 0.1) is 6.92 Å². The van der Waals surface area contributed by atoms with Gasteiger partial charge < -0.3 is 18.6 Å². The summed E-state index contributed by atoms with van der Waals surface area (Å²) in [4.78, 5) is 23.6. The molecule has 1 fully saturated rings. The second-order valence-corrected chi connectivity index (χ2v) is 7.17. The summed E-state index contributed by atoms with van der Waals surface area (Å²) in [6.07, 6.45) is 7.16. The van der Waals surface area contributed by atoms with Crippen molar-refractivity contribution in [2.75, 3.05) is 13.2 Å². The summed E-state index contributed by atoms with van der Waals surface area (Å²) in [5, 5.41) is 4.16. The number of carbonyl (C=O) groups excluding carboxylic acids is 1. The maximum atomic E-state index is 12.7. The lowest BCUT2D eigenvalue weighted by atomic mass is 9.94. The van der Waals surface area contributed by atoms with E-state index in [1.54, 1.807) is 18.6 Å². The molecule has 0 radical (unpaired) electrons. The van der Waals surface area contributed by atoms with Gasteiger partial charge in [0.25, 0.3) is 11.8 Å². The molecule has 3 aromatic heterocycles. The number of nitrogens with zero attached hydrogens (tertiary/aromatic N) is 4. The molecule has 5 heterocycles. The van der Waals surface area contributed by atoms with Gasteiger partial charge in [0.1, 0.15) is 12.4 Å². The zero-order valence-corrected chi connectivity index (χ0v) is 15.6. The Morgan fingerprint density at radius 2 is 2.29 bits per heavy atom. The highest BCUT2D eigenvalue weighted by Gasteiger charge is 2.32. The van der Waals surface area contributed by atoms with Crippen LogP contribution in [0.2, 0.25) is 0 Å². The van der Waals surface area contributed by atoms with Gasteiger partial charge in [-0.3, -0.25) is 9.78 Å². The highest BCUT2D eigenvalue weighted by molar-refractivity contribution is 5.81. The highest BCUT2D eigenvalue weighted by atomic mass is 16.5. The van der Waals surface area contributed by atoms with Crippen LogP contribution in [0.3, 0.4) is 0 Å². The fourth-order valence-electron chi connectivity index (χ4n) is 3.94. The smallest absolute Gasteiger partial charge is 0.261 e. The Bertz CT molecular complexity index is 1010. The molecular weight excluding hydrogens is 360 g/mol. The fourth-order valence-corrected chi connectivity index (χ4v) is 3.94. The van der Waals surface area contributed by atoms with Crippen LogP contribution in [-0.4, -0.2) is 45.2 Å². The topological polar surface area (TPSA) is 94.5 Å². The first kappa shape index (κ1) is 17.1. The van der Waals surface area contributed by atoms with Crippen LogP contribution in [0.15, 0.2) is 33.7 Å². The average Bonchev–Trinajstić information content (AvgIpc) is 3.49. The third-order valence-electron chi connectivity index (χ3n) is 5.39. The molecule has 0 bridgehead atoms. The lowest BCUT2D eigenvalue weighted by molar-refractivity contribution is -0.141. The molecule has 8 heteroatoms. The molecule has 0 N–H and O–H groups in total. The van der Waals surface area contributed by atoms with Crippen molar-refractivity contribution in [3.8, 4) is 22.8 Å². The second kappa shape index (κ2) is 6.87. The third kappa shape index (κ3) is 2.90. The molecule has 0 saturated carbocycles. The second-order valence-electron chi connectivity index (χ2n) is 7.17. The van der Waals surface area contributed by atoms with E-state index in [0.29, 0.717) is 31.4 Å². The van der Waals surface area contributed by atoms with Gasteiger partial charge in [-0.25, -0.2) is 0 Å². The fraction of sp³-hybridized carbons (Fsp3) is 0.400. The Morgan fingerprint density at radius 3 is 3.07 bits per heavy atom. The van der Waals surface area contributed by atoms with Crippen molar-refractivity contribution < 1.29 is 18.5 Å². The normalized spacial score (nSPS) is 19.0. The van der Waals surface area contributed by atoms with Crippen molar-refractivity contribution in [1.29, 1.82) is 0 Å². The van der Waals surface area contributed by atoms with Gasteiger partial charge in [0, 0.05) is 37.2 Å². The molecule has 0 spiro atoms. The molecule has 144 valence electrons. The number of aromatic nitrogens is 3. The van der Waals surface area contributed by atoms with E-state index < -0.39 is 0 Å². The van der Waals surface area contributed by atoms with Crippen LogP contribution in [-0.2, 0) is 22.5 Å². The number of hydrogen-bond acceptors (Lipinski definition) is 7. The molecule has 0 unspecified atom stereocenters. The number of hydrogen-bond donors (Lipinski definition) is 0. The van der Waals surface area contributed by atoms with E-state index in [1.807, 2.05) is 18.0 Å².